The molecule has 0 rings (SSSR count). The zero-order valence-corrected chi connectivity index (χ0v) is 15.7. The quantitative estimate of drug-likeness (QED) is 0.718. The second-order valence-corrected chi connectivity index (χ2v) is 8.50. The molecule has 0 spiro atoms. The van der Waals surface area contributed by atoms with E-state index >= 15 is 0 Å². The molecular weight excluding hydrogens is 246 g/mol. The van der Waals surface area contributed by atoms with Crippen molar-refractivity contribution in [3.05, 3.63) is 0 Å². The number of carbonyl (C=O) groups excluding carboxylic acids is 1. The van der Waals surface area contributed by atoms with Crippen molar-refractivity contribution in [1.82, 2.24) is 5.32 Å². The van der Waals surface area contributed by atoms with Crippen LogP contribution in [-0.4, -0.2) is 12.5 Å². The van der Waals surface area contributed by atoms with Crippen LogP contribution in [0.25, 0.3) is 0 Å². The van der Waals surface area contributed by atoms with Crippen LogP contribution in [0.2, 0.25) is 0 Å². The summed E-state index contributed by atoms with van der Waals surface area (Å²) in [5.74, 6) is 0.139. The minimum absolute atomic E-state index is 0.139. The van der Waals surface area contributed by atoms with Gasteiger partial charge in [-0.15, -0.1) is 0 Å². The second kappa shape index (κ2) is 8.69. The monoisotopic (exact) mass is 285 g/mol. The molecule has 0 bridgehead atoms. The molecule has 122 valence electrons. The minimum atomic E-state index is -0.295. The molecule has 0 aliphatic carbocycles. The van der Waals surface area contributed by atoms with E-state index in [1.807, 2.05) is 20.8 Å². The van der Waals surface area contributed by atoms with E-state index in [0.29, 0.717) is 5.41 Å². The first-order chi connectivity index (χ1) is 8.81. The smallest absolute Gasteiger partial charge is 0.225 e. The van der Waals surface area contributed by atoms with Crippen LogP contribution < -0.4 is 5.32 Å². The topological polar surface area (TPSA) is 29.1 Å². The van der Waals surface area contributed by atoms with Gasteiger partial charge in [0.2, 0.25) is 5.91 Å². The minimum Gasteiger partial charge on any atom is -0.355 e. The number of nitrogens with one attached hydrogen (secondary N) is 1. The van der Waals surface area contributed by atoms with Gasteiger partial charge < -0.3 is 5.32 Å². The van der Waals surface area contributed by atoms with Crippen molar-refractivity contribution in [3.63, 3.8) is 0 Å². The first kappa shape index (κ1) is 21.8. The van der Waals surface area contributed by atoms with Gasteiger partial charge in [-0.1, -0.05) is 82.1 Å². The summed E-state index contributed by atoms with van der Waals surface area (Å²) in [7, 11) is 0. The van der Waals surface area contributed by atoms with Crippen molar-refractivity contribution < 1.29 is 4.79 Å². The number of amides is 1. The molecule has 0 saturated heterocycles. The number of hydrogen-bond acceptors (Lipinski definition) is 1. The van der Waals surface area contributed by atoms with E-state index in [2.05, 4.69) is 53.8 Å². The summed E-state index contributed by atoms with van der Waals surface area (Å²) in [5.41, 5.74) is 0.201. The van der Waals surface area contributed by atoms with Gasteiger partial charge in [0, 0.05) is 12.0 Å². The molecule has 1 amide bonds. The molecule has 1 N–H and O–H groups in total. The van der Waals surface area contributed by atoms with Crippen LogP contribution >= 0.6 is 0 Å². The molecule has 0 saturated carbocycles. The molecule has 0 fully saturated rings. The fourth-order valence-electron chi connectivity index (χ4n) is 2.07. The van der Waals surface area contributed by atoms with Gasteiger partial charge in [0.1, 0.15) is 0 Å². The normalized spacial score (nSPS) is 12.5. The van der Waals surface area contributed by atoms with Gasteiger partial charge in [-0.25, -0.2) is 0 Å². The van der Waals surface area contributed by atoms with Gasteiger partial charge in [0.05, 0.1) is 0 Å². The van der Waals surface area contributed by atoms with Gasteiger partial charge in [-0.2, -0.15) is 0 Å². The Kier molecular flexibility index (Phi) is 9.46. The molecule has 0 radical (unpaired) electrons. The van der Waals surface area contributed by atoms with E-state index < -0.39 is 0 Å². The molecule has 0 aliphatic rings. The van der Waals surface area contributed by atoms with E-state index in [1.54, 1.807) is 0 Å². The zero-order valence-electron chi connectivity index (χ0n) is 15.7. The maximum Gasteiger partial charge on any atom is 0.225 e. The third-order valence-electron chi connectivity index (χ3n) is 3.32. The van der Waals surface area contributed by atoms with Gasteiger partial charge in [-0.05, 0) is 17.3 Å². The maximum atomic E-state index is 11.8. The third-order valence-corrected chi connectivity index (χ3v) is 3.32. The van der Waals surface area contributed by atoms with Gasteiger partial charge in [0.15, 0.2) is 0 Å². The number of carbonyl (C=O) groups is 1. The highest BCUT2D eigenvalue weighted by Crippen LogP contribution is 2.35. The van der Waals surface area contributed by atoms with Gasteiger partial charge in [0.25, 0.3) is 0 Å². The summed E-state index contributed by atoms with van der Waals surface area (Å²) in [6.45, 7) is 22.1. The van der Waals surface area contributed by atoms with Crippen molar-refractivity contribution in [2.75, 3.05) is 6.54 Å². The van der Waals surface area contributed by atoms with E-state index in [-0.39, 0.29) is 16.7 Å². The highest BCUT2D eigenvalue weighted by molar-refractivity contribution is 5.81. The standard InChI is InChI=1S/C15H31NO.C3H8/c1-9-14(5,6)10-15(7,8)11-16-12(17)13(2,3)4;1-3-2/h9-11H2,1-8H3,(H,16,17);3H2,1-2H3. The zero-order chi connectivity index (χ0) is 16.6. The summed E-state index contributed by atoms with van der Waals surface area (Å²) >= 11 is 0. The Morgan fingerprint density at radius 1 is 0.850 bits per heavy atom. The Balaban J connectivity index is 0. The maximum absolute atomic E-state index is 11.8. The summed E-state index contributed by atoms with van der Waals surface area (Å²) in [6.07, 6.45) is 3.55. The molecule has 2 heteroatoms. The first-order valence-electron chi connectivity index (χ1n) is 8.09. The van der Waals surface area contributed by atoms with Crippen LogP contribution in [-0.2, 0) is 4.79 Å². The van der Waals surface area contributed by atoms with Crippen molar-refractivity contribution >= 4 is 5.91 Å². The predicted molar refractivity (Wildman–Crippen MR) is 90.9 cm³/mol. The molecule has 0 unspecified atom stereocenters. The first-order valence-corrected chi connectivity index (χ1v) is 8.09. The predicted octanol–water partition coefficient (Wildman–Crippen LogP) is 5.42. The summed E-state index contributed by atoms with van der Waals surface area (Å²) in [4.78, 5) is 11.8. The summed E-state index contributed by atoms with van der Waals surface area (Å²) in [6, 6.07) is 0. The lowest BCUT2D eigenvalue weighted by atomic mass is 9.73. The third kappa shape index (κ3) is 11.3. The highest BCUT2D eigenvalue weighted by Gasteiger charge is 2.29. The molecule has 0 atom stereocenters. The lowest BCUT2D eigenvalue weighted by molar-refractivity contribution is -0.129. The van der Waals surface area contributed by atoms with E-state index in [0.717, 1.165) is 13.0 Å². The van der Waals surface area contributed by atoms with Crippen LogP contribution in [0, 0.1) is 16.2 Å². The van der Waals surface area contributed by atoms with Crippen LogP contribution in [0.15, 0.2) is 0 Å². The second-order valence-electron chi connectivity index (χ2n) is 8.50. The Labute approximate surface area is 128 Å². The number of hydrogen-bond donors (Lipinski definition) is 1. The molecule has 2 nitrogen and oxygen atoms in total. The Morgan fingerprint density at radius 3 is 1.55 bits per heavy atom. The van der Waals surface area contributed by atoms with Crippen LogP contribution in [0.3, 0.4) is 0 Å². The Hall–Kier alpha value is -0.530. The van der Waals surface area contributed by atoms with E-state index in [4.69, 9.17) is 0 Å². The molecular formula is C18H39NO. The van der Waals surface area contributed by atoms with Crippen molar-refractivity contribution in [1.29, 1.82) is 0 Å². The molecule has 0 aromatic carbocycles. The lowest BCUT2D eigenvalue weighted by Crippen LogP contribution is -2.41. The lowest BCUT2D eigenvalue weighted by Gasteiger charge is -2.35. The fourth-order valence-corrected chi connectivity index (χ4v) is 2.07. The molecule has 0 aromatic heterocycles. The van der Waals surface area contributed by atoms with E-state index in [1.165, 1.54) is 12.8 Å². The van der Waals surface area contributed by atoms with Crippen molar-refractivity contribution in [2.45, 2.75) is 88.5 Å². The van der Waals surface area contributed by atoms with Crippen LogP contribution in [0.4, 0.5) is 0 Å². The van der Waals surface area contributed by atoms with Crippen LogP contribution in [0.5, 0.6) is 0 Å². The number of rotatable bonds is 5. The molecule has 0 aromatic rings. The highest BCUT2D eigenvalue weighted by atomic mass is 16.2. The van der Waals surface area contributed by atoms with Gasteiger partial charge in [-0.3, -0.25) is 4.79 Å². The molecule has 0 aliphatic heterocycles. The average Bonchev–Trinajstić information content (AvgIpc) is 2.24. The Bertz CT molecular complexity index is 272. The van der Waals surface area contributed by atoms with Crippen molar-refractivity contribution in [2.24, 2.45) is 16.2 Å². The average molecular weight is 286 g/mol. The molecule has 20 heavy (non-hydrogen) atoms. The van der Waals surface area contributed by atoms with Crippen molar-refractivity contribution in [3.8, 4) is 0 Å². The summed E-state index contributed by atoms with van der Waals surface area (Å²) < 4.78 is 0. The van der Waals surface area contributed by atoms with Gasteiger partial charge >= 0.3 is 0 Å². The Morgan fingerprint density at radius 2 is 1.25 bits per heavy atom. The summed E-state index contributed by atoms with van der Waals surface area (Å²) in [5, 5.41) is 3.07. The fraction of sp³-hybridized carbons (Fsp3) is 0.944. The van der Waals surface area contributed by atoms with E-state index in [9.17, 15) is 4.79 Å². The SMILES string of the molecule is CCC.CCC(C)(C)CC(C)(C)CNC(=O)C(C)(C)C. The molecule has 0 heterocycles. The van der Waals surface area contributed by atoms with Crippen LogP contribution in [0.1, 0.15) is 88.5 Å². The largest absolute Gasteiger partial charge is 0.355 e.